The number of pyridine rings is 1. The number of nitrogens with one attached hydrogen (secondary N) is 2. The third-order valence-electron chi connectivity index (χ3n) is 5.27. The van der Waals surface area contributed by atoms with Crippen molar-refractivity contribution >= 4 is 28.2 Å². The molecule has 1 heterocycles. The standard InChI is InChI=1S/C24H30N4OS/c1-17-9-8-12-20-15-21(23(29)26-22(17)20)16-28(14-13-27(3)4)24(30)25-18(2)19-10-6-5-7-11-19/h5-12,15,18H,13-14,16H2,1-4H3,(H,25,30)(H,26,29)/t18-/m1/s1. The van der Waals surface area contributed by atoms with Gasteiger partial charge in [0, 0.05) is 18.7 Å². The summed E-state index contributed by atoms with van der Waals surface area (Å²) in [6, 6.07) is 18.3. The van der Waals surface area contributed by atoms with Crippen LogP contribution in [0.5, 0.6) is 0 Å². The van der Waals surface area contributed by atoms with Gasteiger partial charge in [-0.1, -0.05) is 48.5 Å². The van der Waals surface area contributed by atoms with Crippen molar-refractivity contribution in [2.45, 2.75) is 26.4 Å². The van der Waals surface area contributed by atoms with Gasteiger partial charge in [0.1, 0.15) is 0 Å². The largest absolute Gasteiger partial charge is 0.356 e. The minimum absolute atomic E-state index is 0.0643. The monoisotopic (exact) mass is 422 g/mol. The molecule has 0 spiro atoms. The molecule has 0 bridgehead atoms. The van der Waals surface area contributed by atoms with Crippen LogP contribution in [0.15, 0.2) is 59.4 Å². The normalized spacial score (nSPS) is 12.2. The Bertz CT molecular complexity index is 1060. The number of benzene rings is 2. The van der Waals surface area contributed by atoms with Crippen LogP contribution in [0, 0.1) is 6.92 Å². The summed E-state index contributed by atoms with van der Waals surface area (Å²) < 4.78 is 0. The molecule has 3 aromatic rings. The number of para-hydroxylation sites is 1. The smallest absolute Gasteiger partial charge is 0.253 e. The Labute approximate surface area is 183 Å². The second-order valence-electron chi connectivity index (χ2n) is 7.97. The lowest BCUT2D eigenvalue weighted by Gasteiger charge is -2.29. The molecule has 0 aliphatic heterocycles. The summed E-state index contributed by atoms with van der Waals surface area (Å²) in [5, 5.41) is 5.12. The van der Waals surface area contributed by atoms with Crippen molar-refractivity contribution in [3.8, 4) is 0 Å². The summed E-state index contributed by atoms with van der Waals surface area (Å²) in [5.74, 6) is 0. The maximum atomic E-state index is 12.8. The molecule has 0 aliphatic carbocycles. The predicted molar refractivity (Wildman–Crippen MR) is 129 cm³/mol. The maximum absolute atomic E-state index is 12.8. The van der Waals surface area contributed by atoms with E-state index < -0.39 is 0 Å². The van der Waals surface area contributed by atoms with Gasteiger partial charge in [-0.05, 0) is 62.7 Å². The van der Waals surface area contributed by atoms with Gasteiger partial charge in [0.25, 0.3) is 5.56 Å². The minimum Gasteiger partial charge on any atom is -0.356 e. The van der Waals surface area contributed by atoms with Crippen molar-refractivity contribution in [1.29, 1.82) is 0 Å². The summed E-state index contributed by atoms with van der Waals surface area (Å²) in [5.41, 5.74) is 3.78. The fraction of sp³-hybridized carbons (Fsp3) is 0.333. The quantitative estimate of drug-likeness (QED) is 0.567. The lowest BCUT2D eigenvalue weighted by Crippen LogP contribution is -2.44. The summed E-state index contributed by atoms with van der Waals surface area (Å²) in [4.78, 5) is 20.0. The molecule has 0 saturated heterocycles. The second kappa shape index (κ2) is 9.87. The van der Waals surface area contributed by atoms with Gasteiger partial charge >= 0.3 is 0 Å². The number of aromatic nitrogens is 1. The highest BCUT2D eigenvalue weighted by molar-refractivity contribution is 7.80. The molecular formula is C24H30N4OS. The van der Waals surface area contributed by atoms with E-state index in [2.05, 4.69) is 39.2 Å². The molecule has 5 nitrogen and oxygen atoms in total. The van der Waals surface area contributed by atoms with Crippen molar-refractivity contribution < 1.29 is 0 Å². The Hall–Kier alpha value is -2.70. The van der Waals surface area contributed by atoms with Crippen LogP contribution in [-0.4, -0.2) is 47.1 Å². The van der Waals surface area contributed by atoms with Gasteiger partial charge in [0.15, 0.2) is 5.11 Å². The van der Waals surface area contributed by atoms with Crippen LogP contribution < -0.4 is 10.9 Å². The van der Waals surface area contributed by atoms with Crippen molar-refractivity contribution in [2.24, 2.45) is 0 Å². The Morgan fingerprint density at radius 3 is 2.53 bits per heavy atom. The molecule has 158 valence electrons. The SMILES string of the molecule is Cc1cccc2cc(CN(CCN(C)C)C(=S)N[C@H](C)c3ccccc3)c(=O)[nH]c12. The summed E-state index contributed by atoms with van der Waals surface area (Å²) in [7, 11) is 4.07. The molecule has 0 fully saturated rings. The molecule has 0 saturated carbocycles. The molecule has 0 aliphatic rings. The lowest BCUT2D eigenvalue weighted by atomic mass is 10.1. The first-order chi connectivity index (χ1) is 14.3. The minimum atomic E-state index is -0.0643. The molecule has 6 heteroatoms. The number of likely N-dealkylation sites (N-methyl/N-ethyl adjacent to an activating group) is 1. The first kappa shape index (κ1) is 22.0. The zero-order valence-electron chi connectivity index (χ0n) is 18.1. The number of rotatable bonds is 7. The van der Waals surface area contributed by atoms with Crippen molar-refractivity contribution in [2.75, 3.05) is 27.2 Å². The van der Waals surface area contributed by atoms with E-state index in [-0.39, 0.29) is 11.6 Å². The lowest BCUT2D eigenvalue weighted by molar-refractivity contribution is 0.320. The average molecular weight is 423 g/mol. The highest BCUT2D eigenvalue weighted by Gasteiger charge is 2.16. The van der Waals surface area contributed by atoms with E-state index in [0.717, 1.165) is 29.6 Å². The number of hydrogen-bond donors (Lipinski definition) is 2. The fourth-order valence-corrected chi connectivity index (χ4v) is 3.76. The summed E-state index contributed by atoms with van der Waals surface area (Å²) >= 11 is 5.75. The highest BCUT2D eigenvalue weighted by Crippen LogP contribution is 2.17. The molecule has 2 N–H and O–H groups in total. The van der Waals surface area contributed by atoms with Gasteiger partial charge in [0.2, 0.25) is 0 Å². The van der Waals surface area contributed by atoms with Crippen molar-refractivity contribution in [3.05, 3.63) is 81.6 Å². The van der Waals surface area contributed by atoms with Gasteiger partial charge in [-0.25, -0.2) is 0 Å². The van der Waals surface area contributed by atoms with Crippen LogP contribution in [0.3, 0.4) is 0 Å². The van der Waals surface area contributed by atoms with Gasteiger partial charge < -0.3 is 20.1 Å². The molecule has 2 aromatic carbocycles. The fourth-order valence-electron chi connectivity index (χ4n) is 3.43. The zero-order chi connectivity index (χ0) is 21.7. The first-order valence-electron chi connectivity index (χ1n) is 10.2. The molecule has 3 rings (SSSR count). The number of hydrogen-bond acceptors (Lipinski definition) is 3. The number of fused-ring (bicyclic) bond motifs is 1. The van der Waals surface area contributed by atoms with Gasteiger partial charge in [0.05, 0.1) is 18.1 Å². The Balaban J connectivity index is 1.83. The third kappa shape index (κ3) is 5.46. The van der Waals surface area contributed by atoms with E-state index in [1.807, 2.05) is 63.5 Å². The van der Waals surface area contributed by atoms with Gasteiger partial charge in [-0.15, -0.1) is 0 Å². The van der Waals surface area contributed by atoms with Crippen molar-refractivity contribution in [1.82, 2.24) is 20.1 Å². The molecule has 1 aromatic heterocycles. The van der Waals surface area contributed by atoms with Crippen LogP contribution in [0.4, 0.5) is 0 Å². The van der Waals surface area contributed by atoms with Gasteiger partial charge in [-0.3, -0.25) is 4.79 Å². The number of nitrogens with zero attached hydrogens (tertiary/aromatic N) is 2. The second-order valence-corrected chi connectivity index (χ2v) is 8.36. The molecule has 30 heavy (non-hydrogen) atoms. The third-order valence-corrected chi connectivity index (χ3v) is 5.65. The van der Waals surface area contributed by atoms with Crippen LogP contribution in [-0.2, 0) is 6.54 Å². The number of aryl methyl sites for hydroxylation is 1. The maximum Gasteiger partial charge on any atom is 0.253 e. The molecule has 1 atom stereocenters. The molecule has 0 unspecified atom stereocenters. The van der Waals surface area contributed by atoms with E-state index in [0.29, 0.717) is 17.2 Å². The highest BCUT2D eigenvalue weighted by atomic mass is 32.1. The van der Waals surface area contributed by atoms with E-state index >= 15 is 0 Å². The number of aromatic amines is 1. The summed E-state index contributed by atoms with van der Waals surface area (Å²) in [6.07, 6.45) is 0. The first-order valence-corrected chi connectivity index (χ1v) is 10.6. The van der Waals surface area contributed by atoms with E-state index in [1.165, 1.54) is 5.56 Å². The van der Waals surface area contributed by atoms with Crippen LogP contribution in [0.2, 0.25) is 0 Å². The molecule has 0 amide bonds. The number of H-pyrrole nitrogens is 1. The van der Waals surface area contributed by atoms with Gasteiger partial charge in [-0.2, -0.15) is 0 Å². The summed E-state index contributed by atoms with van der Waals surface area (Å²) in [6.45, 7) is 6.13. The van der Waals surface area contributed by atoms with Crippen LogP contribution >= 0.6 is 12.2 Å². The van der Waals surface area contributed by atoms with E-state index in [1.54, 1.807) is 0 Å². The van der Waals surface area contributed by atoms with E-state index in [9.17, 15) is 4.79 Å². The topological polar surface area (TPSA) is 51.4 Å². The molecule has 0 radical (unpaired) electrons. The van der Waals surface area contributed by atoms with Crippen LogP contribution in [0.1, 0.15) is 29.7 Å². The predicted octanol–water partition coefficient (Wildman–Crippen LogP) is 3.84. The Kier molecular flexibility index (Phi) is 7.24. The Morgan fingerprint density at radius 2 is 1.83 bits per heavy atom. The number of thiocarbonyl (C=S) groups is 1. The van der Waals surface area contributed by atoms with E-state index in [4.69, 9.17) is 12.2 Å². The molecular weight excluding hydrogens is 392 g/mol. The van der Waals surface area contributed by atoms with Crippen molar-refractivity contribution in [3.63, 3.8) is 0 Å². The Morgan fingerprint density at radius 1 is 1.10 bits per heavy atom. The average Bonchev–Trinajstić information content (AvgIpc) is 2.72. The zero-order valence-corrected chi connectivity index (χ0v) is 18.9. The van der Waals surface area contributed by atoms with Crippen LogP contribution in [0.25, 0.3) is 10.9 Å².